The average Bonchev–Trinajstić information content (AvgIpc) is 3.19. The highest BCUT2D eigenvalue weighted by Crippen LogP contribution is 2.27. The Labute approximate surface area is 141 Å². The molecule has 1 amide bonds. The van der Waals surface area contributed by atoms with Crippen LogP contribution in [0.15, 0.2) is 36.1 Å². The van der Waals surface area contributed by atoms with Gasteiger partial charge in [-0.2, -0.15) is 0 Å². The molecule has 0 spiro atoms. The molecule has 0 bridgehead atoms. The second-order valence-electron chi connectivity index (χ2n) is 5.29. The smallest absolute Gasteiger partial charge is 0.258 e. The first-order chi connectivity index (χ1) is 11.7. The number of fused-ring (bicyclic) bond motifs is 2. The number of aryl methyl sites for hydroxylation is 1. The minimum Gasteiger partial charge on any atom is -0.357 e. The normalized spacial score (nSPS) is 11.1. The van der Waals surface area contributed by atoms with Crippen LogP contribution < -0.4 is 10.6 Å². The Balaban J connectivity index is 1.73. The van der Waals surface area contributed by atoms with Crippen LogP contribution in [-0.4, -0.2) is 32.5 Å². The summed E-state index contributed by atoms with van der Waals surface area (Å²) in [4.78, 5) is 25.6. The van der Waals surface area contributed by atoms with Gasteiger partial charge in [0.15, 0.2) is 0 Å². The van der Waals surface area contributed by atoms with Gasteiger partial charge in [-0.1, -0.05) is 6.07 Å². The Morgan fingerprint density at radius 2 is 2.12 bits per heavy atom. The highest BCUT2D eigenvalue weighted by Gasteiger charge is 2.16. The number of hydrogen-bond donors (Lipinski definition) is 2. The fraction of sp³-hybridized carbons (Fsp3) is 0.125. The first kappa shape index (κ1) is 14.6. The van der Waals surface area contributed by atoms with Gasteiger partial charge in [0.05, 0.1) is 39.5 Å². The molecule has 7 nitrogen and oxygen atoms in total. The number of nitrogens with one attached hydrogen (secondary N) is 2. The fourth-order valence-electron chi connectivity index (χ4n) is 2.56. The van der Waals surface area contributed by atoms with Crippen molar-refractivity contribution >= 4 is 50.1 Å². The van der Waals surface area contributed by atoms with E-state index in [1.165, 1.54) is 11.3 Å². The van der Waals surface area contributed by atoms with Crippen molar-refractivity contribution < 1.29 is 4.79 Å². The number of aromatic nitrogens is 4. The summed E-state index contributed by atoms with van der Waals surface area (Å²) in [6, 6.07) is 5.70. The van der Waals surface area contributed by atoms with E-state index in [9.17, 15) is 4.79 Å². The van der Waals surface area contributed by atoms with Crippen LogP contribution in [0.1, 0.15) is 10.4 Å². The van der Waals surface area contributed by atoms with Crippen molar-refractivity contribution in [1.82, 2.24) is 19.5 Å². The highest BCUT2D eigenvalue weighted by molar-refractivity contribution is 7.17. The van der Waals surface area contributed by atoms with E-state index >= 15 is 0 Å². The maximum Gasteiger partial charge on any atom is 0.258 e. The van der Waals surface area contributed by atoms with Crippen molar-refractivity contribution in [2.75, 3.05) is 17.7 Å². The molecule has 1 aromatic carbocycles. The Kier molecular flexibility index (Phi) is 3.39. The van der Waals surface area contributed by atoms with Crippen LogP contribution in [0.3, 0.4) is 0 Å². The molecule has 4 rings (SSSR count). The van der Waals surface area contributed by atoms with Crippen molar-refractivity contribution in [2.45, 2.75) is 0 Å². The minimum absolute atomic E-state index is 0.208. The summed E-state index contributed by atoms with van der Waals surface area (Å²) in [7, 11) is 3.67. The van der Waals surface area contributed by atoms with E-state index in [0.29, 0.717) is 22.7 Å². The van der Waals surface area contributed by atoms with Crippen molar-refractivity contribution in [1.29, 1.82) is 0 Å². The number of hydrogen-bond acceptors (Lipinski definition) is 6. The number of imidazole rings is 1. The van der Waals surface area contributed by atoms with Gasteiger partial charge in [0.2, 0.25) is 5.95 Å². The largest absolute Gasteiger partial charge is 0.357 e. The molecule has 3 heterocycles. The van der Waals surface area contributed by atoms with Crippen LogP contribution in [0, 0.1) is 0 Å². The molecule has 0 aliphatic carbocycles. The van der Waals surface area contributed by atoms with Crippen LogP contribution in [0.5, 0.6) is 0 Å². The van der Waals surface area contributed by atoms with E-state index in [2.05, 4.69) is 25.6 Å². The van der Waals surface area contributed by atoms with E-state index in [1.807, 2.05) is 29.8 Å². The number of para-hydroxylation sites is 1. The number of anilines is 2. The van der Waals surface area contributed by atoms with Crippen LogP contribution in [-0.2, 0) is 7.05 Å². The molecule has 3 aromatic heterocycles. The van der Waals surface area contributed by atoms with Crippen LogP contribution in [0.2, 0.25) is 0 Å². The summed E-state index contributed by atoms with van der Waals surface area (Å²) in [6.07, 6.45) is 3.45. The fourth-order valence-corrected chi connectivity index (χ4v) is 3.40. The van der Waals surface area contributed by atoms with Gasteiger partial charge in [-0.15, -0.1) is 11.3 Å². The first-order valence-electron chi connectivity index (χ1n) is 7.31. The van der Waals surface area contributed by atoms with Crippen LogP contribution in [0.4, 0.5) is 11.6 Å². The van der Waals surface area contributed by atoms with Gasteiger partial charge < -0.3 is 15.2 Å². The van der Waals surface area contributed by atoms with E-state index < -0.39 is 0 Å². The van der Waals surface area contributed by atoms with Gasteiger partial charge in [-0.05, 0) is 12.1 Å². The summed E-state index contributed by atoms with van der Waals surface area (Å²) in [6.45, 7) is 0. The summed E-state index contributed by atoms with van der Waals surface area (Å²) >= 11 is 1.45. The van der Waals surface area contributed by atoms with Gasteiger partial charge in [0.1, 0.15) is 5.52 Å². The Bertz CT molecular complexity index is 1070. The Morgan fingerprint density at radius 3 is 2.96 bits per heavy atom. The lowest BCUT2D eigenvalue weighted by atomic mass is 10.2. The predicted molar refractivity (Wildman–Crippen MR) is 95.6 cm³/mol. The number of benzene rings is 1. The lowest BCUT2D eigenvalue weighted by molar-refractivity contribution is 0.102. The molecule has 24 heavy (non-hydrogen) atoms. The number of nitrogens with zero attached hydrogens (tertiary/aromatic N) is 4. The van der Waals surface area contributed by atoms with Gasteiger partial charge >= 0.3 is 0 Å². The number of amides is 1. The molecule has 0 fully saturated rings. The third-order valence-corrected chi connectivity index (χ3v) is 4.69. The SMILES string of the molecule is CNc1ncc2scc(C(=O)Nc3cccc4c3ncn4C)c2n1. The average molecular weight is 338 g/mol. The third-order valence-electron chi connectivity index (χ3n) is 3.79. The van der Waals surface area contributed by atoms with Crippen molar-refractivity contribution in [3.63, 3.8) is 0 Å². The van der Waals surface area contributed by atoms with Crippen LogP contribution in [0.25, 0.3) is 21.3 Å². The van der Waals surface area contributed by atoms with Gasteiger partial charge in [-0.25, -0.2) is 15.0 Å². The van der Waals surface area contributed by atoms with Crippen molar-refractivity contribution in [3.8, 4) is 0 Å². The first-order valence-corrected chi connectivity index (χ1v) is 8.18. The molecule has 0 aliphatic heterocycles. The highest BCUT2D eigenvalue weighted by atomic mass is 32.1. The van der Waals surface area contributed by atoms with Crippen molar-refractivity contribution in [3.05, 3.63) is 41.7 Å². The number of carbonyl (C=O) groups is 1. The van der Waals surface area contributed by atoms with E-state index in [4.69, 9.17) is 0 Å². The summed E-state index contributed by atoms with van der Waals surface area (Å²) in [5.74, 6) is 0.280. The minimum atomic E-state index is -0.208. The molecule has 0 saturated heterocycles. The third kappa shape index (κ3) is 2.28. The molecule has 4 aromatic rings. The molecule has 0 saturated carbocycles. The number of rotatable bonds is 3. The lowest BCUT2D eigenvalue weighted by Gasteiger charge is -2.06. The molecule has 0 unspecified atom stereocenters. The maximum atomic E-state index is 12.7. The molecular weight excluding hydrogens is 324 g/mol. The Morgan fingerprint density at radius 1 is 1.25 bits per heavy atom. The van der Waals surface area contributed by atoms with E-state index in [1.54, 1.807) is 25.0 Å². The summed E-state index contributed by atoms with van der Waals surface area (Å²) < 4.78 is 2.78. The van der Waals surface area contributed by atoms with E-state index in [0.717, 1.165) is 15.7 Å². The van der Waals surface area contributed by atoms with Crippen LogP contribution >= 0.6 is 11.3 Å². The maximum absolute atomic E-state index is 12.7. The molecule has 0 radical (unpaired) electrons. The molecule has 2 N–H and O–H groups in total. The van der Waals surface area contributed by atoms with E-state index in [-0.39, 0.29) is 5.91 Å². The standard InChI is InChI=1S/C16H14N6OS/c1-17-16-18-6-12-13(21-16)9(7-24-12)15(23)20-10-4-3-5-11-14(10)19-8-22(11)2/h3-8H,1-2H3,(H,20,23)(H,17,18,21). The number of thiophene rings is 1. The van der Waals surface area contributed by atoms with Gasteiger partial charge in [-0.3, -0.25) is 4.79 Å². The summed E-state index contributed by atoms with van der Waals surface area (Å²) in [5, 5.41) is 7.63. The Hall–Kier alpha value is -3.00. The second kappa shape index (κ2) is 5.57. The summed E-state index contributed by atoms with van der Waals surface area (Å²) in [5.41, 5.74) is 3.58. The molecule has 0 aliphatic rings. The van der Waals surface area contributed by atoms with Gasteiger partial charge in [0, 0.05) is 19.5 Å². The van der Waals surface area contributed by atoms with Gasteiger partial charge in [0.25, 0.3) is 5.91 Å². The molecule has 8 heteroatoms. The zero-order valence-electron chi connectivity index (χ0n) is 13.1. The topological polar surface area (TPSA) is 84.7 Å². The lowest BCUT2D eigenvalue weighted by Crippen LogP contribution is -2.12. The molecular formula is C16H14N6OS. The monoisotopic (exact) mass is 338 g/mol. The zero-order chi connectivity index (χ0) is 16.7. The number of carbonyl (C=O) groups excluding carboxylic acids is 1. The zero-order valence-corrected chi connectivity index (χ0v) is 13.9. The molecule has 0 atom stereocenters. The molecule has 120 valence electrons. The van der Waals surface area contributed by atoms with Crippen molar-refractivity contribution in [2.24, 2.45) is 7.05 Å². The quantitative estimate of drug-likeness (QED) is 0.600. The predicted octanol–water partition coefficient (Wildman–Crippen LogP) is 2.87. The second-order valence-corrected chi connectivity index (χ2v) is 6.20.